The van der Waals surface area contributed by atoms with Crippen LogP contribution in [0.3, 0.4) is 0 Å². The second kappa shape index (κ2) is 7.40. The lowest BCUT2D eigenvalue weighted by Gasteiger charge is -2.10. The van der Waals surface area contributed by atoms with Gasteiger partial charge in [-0.3, -0.25) is 4.79 Å². The van der Waals surface area contributed by atoms with Crippen molar-refractivity contribution in [1.82, 2.24) is 0 Å². The number of amides is 1. The zero-order chi connectivity index (χ0) is 16.8. The molecule has 0 aliphatic rings. The second-order valence-electron chi connectivity index (χ2n) is 4.87. The van der Waals surface area contributed by atoms with E-state index in [-0.39, 0.29) is 11.3 Å². The molecule has 5 nitrogen and oxygen atoms in total. The van der Waals surface area contributed by atoms with Gasteiger partial charge < -0.3 is 15.8 Å². The summed E-state index contributed by atoms with van der Waals surface area (Å²) in [6.07, 6.45) is 0.766. The van der Waals surface area contributed by atoms with Crippen molar-refractivity contribution in [1.29, 1.82) is 0 Å². The zero-order valence-corrected chi connectivity index (χ0v) is 12.6. The molecule has 6 heteroatoms. The number of nitrogens with two attached hydrogens (primary N) is 1. The highest BCUT2D eigenvalue weighted by atomic mass is 19.1. The molecule has 2 rings (SSSR count). The molecular formula is C17H17FN2O3. The van der Waals surface area contributed by atoms with Crippen LogP contribution in [0.1, 0.15) is 22.8 Å². The maximum atomic E-state index is 12.9. The van der Waals surface area contributed by atoms with Crippen molar-refractivity contribution >= 4 is 23.3 Å². The van der Waals surface area contributed by atoms with Gasteiger partial charge >= 0.3 is 5.97 Å². The molecule has 0 atom stereocenters. The number of nitrogens with one attached hydrogen (secondary N) is 1. The summed E-state index contributed by atoms with van der Waals surface area (Å²) in [6.45, 7) is 1.52. The predicted molar refractivity (Wildman–Crippen MR) is 85.5 cm³/mol. The molecule has 0 radical (unpaired) electrons. The number of hydrogen-bond acceptors (Lipinski definition) is 4. The molecule has 1 amide bonds. The van der Waals surface area contributed by atoms with E-state index in [4.69, 9.17) is 10.5 Å². The normalized spacial score (nSPS) is 10.2. The summed E-state index contributed by atoms with van der Waals surface area (Å²) >= 11 is 0. The molecule has 0 saturated carbocycles. The highest BCUT2D eigenvalue weighted by Crippen LogP contribution is 2.16. The largest absolute Gasteiger partial charge is 0.452 e. The first-order valence-electron chi connectivity index (χ1n) is 7.11. The number of carbonyl (C=O) groups excluding carboxylic acids is 2. The highest BCUT2D eigenvalue weighted by molar-refractivity contribution is 5.98. The van der Waals surface area contributed by atoms with E-state index in [1.165, 1.54) is 6.07 Å². The standard InChI is InChI=1S/C17H17FN2O3/c1-2-11-5-3-4-6-15(11)20-16(21)10-23-17(22)13-8-7-12(18)9-14(13)19/h3-9H,2,10,19H2,1H3,(H,20,21). The van der Waals surface area contributed by atoms with E-state index in [0.29, 0.717) is 5.69 Å². The Hall–Kier alpha value is -2.89. The predicted octanol–water partition coefficient (Wildman–Crippen LogP) is 2.77. The van der Waals surface area contributed by atoms with Gasteiger partial charge in [-0.25, -0.2) is 9.18 Å². The summed E-state index contributed by atoms with van der Waals surface area (Å²) in [5, 5.41) is 2.68. The van der Waals surface area contributed by atoms with Gasteiger partial charge in [0.05, 0.1) is 5.56 Å². The van der Waals surface area contributed by atoms with Crippen molar-refractivity contribution in [2.45, 2.75) is 13.3 Å². The Morgan fingerprint density at radius 1 is 1.22 bits per heavy atom. The van der Waals surface area contributed by atoms with E-state index in [0.717, 1.165) is 24.1 Å². The number of esters is 1. The minimum Gasteiger partial charge on any atom is -0.452 e. The summed E-state index contributed by atoms with van der Waals surface area (Å²) < 4.78 is 17.8. The maximum absolute atomic E-state index is 12.9. The number of carbonyl (C=O) groups is 2. The van der Waals surface area contributed by atoms with Crippen LogP contribution in [0, 0.1) is 5.82 Å². The van der Waals surface area contributed by atoms with Crippen LogP contribution in [-0.2, 0) is 16.0 Å². The molecule has 0 aliphatic carbocycles. The van der Waals surface area contributed by atoms with Crippen molar-refractivity contribution in [3.05, 3.63) is 59.4 Å². The molecule has 0 unspecified atom stereocenters. The monoisotopic (exact) mass is 316 g/mol. The fourth-order valence-corrected chi connectivity index (χ4v) is 2.07. The molecule has 0 heterocycles. The minimum atomic E-state index is -0.776. The zero-order valence-electron chi connectivity index (χ0n) is 12.6. The lowest BCUT2D eigenvalue weighted by molar-refractivity contribution is -0.119. The Morgan fingerprint density at radius 2 is 1.96 bits per heavy atom. The van der Waals surface area contributed by atoms with E-state index < -0.39 is 24.3 Å². The van der Waals surface area contributed by atoms with Crippen LogP contribution < -0.4 is 11.1 Å². The summed E-state index contributed by atoms with van der Waals surface area (Å²) in [6, 6.07) is 10.7. The van der Waals surface area contributed by atoms with E-state index >= 15 is 0 Å². The smallest absolute Gasteiger partial charge is 0.340 e. The van der Waals surface area contributed by atoms with Gasteiger partial charge in [-0.2, -0.15) is 0 Å². The van der Waals surface area contributed by atoms with Crippen LogP contribution in [0.5, 0.6) is 0 Å². The summed E-state index contributed by atoms with van der Waals surface area (Å²) in [5.74, 6) is -1.78. The fourth-order valence-electron chi connectivity index (χ4n) is 2.07. The number of aryl methyl sites for hydroxylation is 1. The molecule has 2 aromatic rings. The Bertz CT molecular complexity index is 732. The molecule has 0 fully saturated rings. The molecule has 23 heavy (non-hydrogen) atoms. The molecule has 0 aromatic heterocycles. The number of rotatable bonds is 5. The van der Waals surface area contributed by atoms with E-state index in [9.17, 15) is 14.0 Å². The van der Waals surface area contributed by atoms with Gasteiger partial charge in [0.25, 0.3) is 5.91 Å². The first-order valence-corrected chi connectivity index (χ1v) is 7.11. The van der Waals surface area contributed by atoms with E-state index in [1.54, 1.807) is 12.1 Å². The average Bonchev–Trinajstić information content (AvgIpc) is 2.53. The van der Waals surface area contributed by atoms with Crippen LogP contribution in [0.15, 0.2) is 42.5 Å². The number of ether oxygens (including phenoxy) is 1. The van der Waals surface area contributed by atoms with Crippen LogP contribution in [0.2, 0.25) is 0 Å². The quantitative estimate of drug-likeness (QED) is 0.656. The van der Waals surface area contributed by atoms with Crippen molar-refractivity contribution in [2.24, 2.45) is 0 Å². The molecule has 0 bridgehead atoms. The fraction of sp³-hybridized carbons (Fsp3) is 0.176. The number of halogens is 1. The molecule has 0 saturated heterocycles. The Balaban J connectivity index is 1.95. The second-order valence-corrected chi connectivity index (χ2v) is 4.87. The van der Waals surface area contributed by atoms with Gasteiger partial charge in [-0.05, 0) is 36.2 Å². The molecular weight excluding hydrogens is 299 g/mol. The molecule has 120 valence electrons. The third-order valence-electron chi connectivity index (χ3n) is 3.24. The third-order valence-corrected chi connectivity index (χ3v) is 3.24. The molecule has 3 N–H and O–H groups in total. The van der Waals surface area contributed by atoms with Crippen LogP contribution in [0.4, 0.5) is 15.8 Å². The molecule has 2 aromatic carbocycles. The Morgan fingerprint density at radius 3 is 2.65 bits per heavy atom. The molecule has 0 spiro atoms. The summed E-state index contributed by atoms with van der Waals surface area (Å²) in [4.78, 5) is 23.7. The lowest BCUT2D eigenvalue weighted by atomic mass is 10.1. The van der Waals surface area contributed by atoms with Crippen molar-refractivity contribution < 1.29 is 18.7 Å². The van der Waals surface area contributed by atoms with Gasteiger partial charge in [-0.15, -0.1) is 0 Å². The van der Waals surface area contributed by atoms with Gasteiger partial charge in [0.2, 0.25) is 0 Å². The van der Waals surface area contributed by atoms with Crippen molar-refractivity contribution in [2.75, 3.05) is 17.7 Å². The van der Waals surface area contributed by atoms with Crippen molar-refractivity contribution in [3.8, 4) is 0 Å². The van der Waals surface area contributed by atoms with Crippen LogP contribution in [0.25, 0.3) is 0 Å². The highest BCUT2D eigenvalue weighted by Gasteiger charge is 2.14. The number of nitrogen functional groups attached to an aromatic ring is 1. The Labute approximate surface area is 133 Å². The molecule has 0 aliphatic heterocycles. The average molecular weight is 316 g/mol. The van der Waals surface area contributed by atoms with Crippen molar-refractivity contribution in [3.63, 3.8) is 0 Å². The lowest BCUT2D eigenvalue weighted by Crippen LogP contribution is -2.22. The third kappa shape index (κ3) is 4.29. The van der Waals surface area contributed by atoms with Gasteiger partial charge in [-0.1, -0.05) is 25.1 Å². The number of hydrogen-bond donors (Lipinski definition) is 2. The number of para-hydroxylation sites is 1. The van der Waals surface area contributed by atoms with Gasteiger partial charge in [0.15, 0.2) is 6.61 Å². The summed E-state index contributed by atoms with van der Waals surface area (Å²) in [5.41, 5.74) is 7.19. The number of anilines is 2. The van der Waals surface area contributed by atoms with Gasteiger partial charge in [0, 0.05) is 11.4 Å². The van der Waals surface area contributed by atoms with E-state index in [2.05, 4.69) is 5.32 Å². The maximum Gasteiger partial charge on any atom is 0.340 e. The topological polar surface area (TPSA) is 81.4 Å². The minimum absolute atomic E-state index is 0.0214. The number of benzene rings is 2. The van der Waals surface area contributed by atoms with Gasteiger partial charge in [0.1, 0.15) is 5.82 Å². The first kappa shape index (κ1) is 16.5. The van der Waals surface area contributed by atoms with Crippen LogP contribution >= 0.6 is 0 Å². The van der Waals surface area contributed by atoms with E-state index in [1.807, 2.05) is 19.1 Å². The summed E-state index contributed by atoms with van der Waals surface area (Å²) in [7, 11) is 0. The first-order chi connectivity index (χ1) is 11.0. The SMILES string of the molecule is CCc1ccccc1NC(=O)COC(=O)c1ccc(F)cc1N. The van der Waals surface area contributed by atoms with Crippen LogP contribution in [-0.4, -0.2) is 18.5 Å². The Kier molecular flexibility index (Phi) is 5.30.